The number of sulfonamides is 1. The summed E-state index contributed by atoms with van der Waals surface area (Å²) in [4.78, 5) is 10.9. The molecule has 0 saturated carbocycles. The summed E-state index contributed by atoms with van der Waals surface area (Å²) < 4.78 is 42.2. The molecule has 6 heteroatoms. The van der Waals surface area contributed by atoms with Crippen molar-refractivity contribution in [1.29, 1.82) is 0 Å². The van der Waals surface area contributed by atoms with Crippen LogP contribution in [0.3, 0.4) is 0 Å². The van der Waals surface area contributed by atoms with Crippen LogP contribution in [-0.2, 0) is 10.0 Å². The van der Waals surface area contributed by atoms with Gasteiger partial charge < -0.3 is 0 Å². The molecule has 0 saturated heterocycles. The van der Waals surface area contributed by atoms with E-state index in [1.807, 2.05) is 0 Å². The summed E-state index contributed by atoms with van der Waals surface area (Å²) in [6.07, 6.45) is 0.406. The molecule has 0 heterocycles. The van der Waals surface area contributed by atoms with Gasteiger partial charge in [0.15, 0.2) is 6.29 Å². The summed E-state index contributed by atoms with van der Waals surface area (Å²) in [5, 5.41) is 0. The van der Waals surface area contributed by atoms with E-state index in [-0.39, 0.29) is 21.6 Å². The third-order valence-corrected chi connectivity index (χ3v) is 4.88. The minimum atomic E-state index is -3.84. The van der Waals surface area contributed by atoms with E-state index in [4.69, 9.17) is 0 Å². The van der Waals surface area contributed by atoms with Crippen LogP contribution < -0.4 is 4.72 Å². The fraction of sp³-hybridized carbons (Fsp3) is 0.235. The number of rotatable bonds is 4. The fourth-order valence-corrected chi connectivity index (χ4v) is 3.87. The lowest BCUT2D eigenvalue weighted by molar-refractivity contribution is 0.112. The van der Waals surface area contributed by atoms with Crippen molar-refractivity contribution in [2.45, 2.75) is 31.2 Å². The highest BCUT2D eigenvalue weighted by Crippen LogP contribution is 2.30. The van der Waals surface area contributed by atoms with Gasteiger partial charge in [0, 0.05) is 16.7 Å². The van der Waals surface area contributed by atoms with Crippen LogP contribution in [0, 0.1) is 5.82 Å². The van der Waals surface area contributed by atoms with Crippen molar-refractivity contribution in [2.75, 3.05) is 0 Å². The third-order valence-electron chi connectivity index (χ3n) is 3.06. The number of carbonyl (C=O) groups excluding carboxylic acids is 1. The van der Waals surface area contributed by atoms with Gasteiger partial charge >= 0.3 is 0 Å². The van der Waals surface area contributed by atoms with Crippen LogP contribution in [0.1, 0.15) is 31.1 Å². The quantitative estimate of drug-likeness (QED) is 0.871. The molecule has 23 heavy (non-hydrogen) atoms. The maximum atomic E-state index is 14.4. The average molecular weight is 335 g/mol. The highest BCUT2D eigenvalue weighted by molar-refractivity contribution is 7.89. The van der Waals surface area contributed by atoms with Crippen molar-refractivity contribution in [3.05, 3.63) is 53.8 Å². The number of nitrogens with one attached hydrogen (secondary N) is 1. The SMILES string of the molecule is CC(C)(C)NS(=O)(=O)c1ccccc1-c1cccc(C=O)c1F. The standard InChI is InChI=1S/C17H18FNO3S/c1-17(2,3)19-23(21,22)15-10-5-4-8-13(15)14-9-6-7-12(11-20)16(14)18/h4-11,19H,1-3H3. The molecule has 0 spiro atoms. The number of hydrogen-bond acceptors (Lipinski definition) is 3. The second kappa shape index (κ2) is 6.22. The van der Waals surface area contributed by atoms with Gasteiger partial charge in [-0.05, 0) is 32.9 Å². The number of aldehydes is 1. The van der Waals surface area contributed by atoms with Crippen molar-refractivity contribution in [1.82, 2.24) is 4.72 Å². The van der Waals surface area contributed by atoms with Crippen molar-refractivity contribution < 1.29 is 17.6 Å². The Kier molecular flexibility index (Phi) is 4.68. The second-order valence-electron chi connectivity index (χ2n) is 6.18. The predicted molar refractivity (Wildman–Crippen MR) is 87.3 cm³/mol. The Bertz CT molecular complexity index is 839. The average Bonchev–Trinajstić information content (AvgIpc) is 2.45. The van der Waals surface area contributed by atoms with Gasteiger partial charge in [0.1, 0.15) is 5.82 Å². The number of hydrogen-bond donors (Lipinski definition) is 1. The molecule has 0 radical (unpaired) electrons. The van der Waals surface area contributed by atoms with Gasteiger partial charge in [-0.15, -0.1) is 0 Å². The van der Waals surface area contributed by atoms with E-state index in [1.165, 1.54) is 30.3 Å². The first kappa shape index (κ1) is 17.3. The monoisotopic (exact) mass is 335 g/mol. The molecule has 4 nitrogen and oxygen atoms in total. The van der Waals surface area contributed by atoms with Crippen molar-refractivity contribution in [2.24, 2.45) is 0 Å². The molecule has 0 atom stereocenters. The molecule has 2 aromatic carbocycles. The topological polar surface area (TPSA) is 63.2 Å². The molecule has 122 valence electrons. The van der Waals surface area contributed by atoms with Gasteiger partial charge in [-0.1, -0.05) is 30.3 Å². The summed E-state index contributed by atoms with van der Waals surface area (Å²) in [5.41, 5.74) is -0.497. The van der Waals surface area contributed by atoms with Gasteiger partial charge in [0.2, 0.25) is 10.0 Å². The first-order valence-electron chi connectivity index (χ1n) is 7.03. The maximum absolute atomic E-state index is 14.4. The minimum Gasteiger partial charge on any atom is -0.298 e. The van der Waals surface area contributed by atoms with E-state index in [0.29, 0.717) is 6.29 Å². The Balaban J connectivity index is 2.66. The van der Waals surface area contributed by atoms with E-state index >= 15 is 0 Å². The first-order valence-corrected chi connectivity index (χ1v) is 8.51. The Morgan fingerprint density at radius 1 is 1.00 bits per heavy atom. The highest BCUT2D eigenvalue weighted by Gasteiger charge is 2.25. The van der Waals surface area contributed by atoms with Crippen LogP contribution in [-0.4, -0.2) is 20.2 Å². The summed E-state index contributed by atoms with van der Waals surface area (Å²) in [5.74, 6) is -0.735. The lowest BCUT2D eigenvalue weighted by atomic mass is 10.0. The van der Waals surface area contributed by atoms with Crippen LogP contribution >= 0.6 is 0 Å². The normalized spacial score (nSPS) is 12.2. The van der Waals surface area contributed by atoms with Gasteiger partial charge in [-0.3, -0.25) is 4.79 Å². The van der Waals surface area contributed by atoms with E-state index in [2.05, 4.69) is 4.72 Å². The van der Waals surface area contributed by atoms with Crippen LogP contribution in [0.25, 0.3) is 11.1 Å². The Hall–Kier alpha value is -2.05. The van der Waals surface area contributed by atoms with Gasteiger partial charge in [-0.25, -0.2) is 17.5 Å². The maximum Gasteiger partial charge on any atom is 0.241 e. The van der Waals surface area contributed by atoms with E-state index in [9.17, 15) is 17.6 Å². The predicted octanol–water partition coefficient (Wildman–Crippen LogP) is 3.38. The number of benzene rings is 2. The van der Waals surface area contributed by atoms with Crippen LogP contribution in [0.2, 0.25) is 0 Å². The van der Waals surface area contributed by atoms with Gasteiger partial charge in [0.05, 0.1) is 10.5 Å². The highest BCUT2D eigenvalue weighted by atomic mass is 32.2. The molecule has 2 aromatic rings. The lowest BCUT2D eigenvalue weighted by Crippen LogP contribution is -2.40. The zero-order chi connectivity index (χ0) is 17.3. The molecular formula is C17H18FNO3S. The fourth-order valence-electron chi connectivity index (χ4n) is 2.23. The molecule has 0 aliphatic rings. The van der Waals surface area contributed by atoms with Gasteiger partial charge in [-0.2, -0.15) is 0 Å². The zero-order valence-electron chi connectivity index (χ0n) is 13.1. The largest absolute Gasteiger partial charge is 0.298 e. The first-order chi connectivity index (χ1) is 10.7. The Morgan fingerprint density at radius 3 is 2.22 bits per heavy atom. The molecule has 0 unspecified atom stereocenters. The van der Waals surface area contributed by atoms with Crippen LogP contribution in [0.15, 0.2) is 47.4 Å². The molecular weight excluding hydrogens is 317 g/mol. The van der Waals surface area contributed by atoms with Crippen molar-refractivity contribution in [3.63, 3.8) is 0 Å². The molecule has 0 fully saturated rings. The molecule has 1 N–H and O–H groups in total. The van der Waals surface area contributed by atoms with Crippen molar-refractivity contribution in [3.8, 4) is 11.1 Å². The van der Waals surface area contributed by atoms with E-state index in [1.54, 1.807) is 32.9 Å². The summed E-state index contributed by atoms with van der Waals surface area (Å²) in [6.45, 7) is 5.17. The Labute approximate surface area is 135 Å². The molecule has 0 aliphatic heterocycles. The molecule has 0 aliphatic carbocycles. The van der Waals surface area contributed by atoms with Crippen LogP contribution in [0.4, 0.5) is 4.39 Å². The van der Waals surface area contributed by atoms with Crippen LogP contribution in [0.5, 0.6) is 0 Å². The van der Waals surface area contributed by atoms with Crippen molar-refractivity contribution >= 4 is 16.3 Å². The van der Waals surface area contributed by atoms with Gasteiger partial charge in [0.25, 0.3) is 0 Å². The van der Waals surface area contributed by atoms with E-state index < -0.39 is 21.4 Å². The number of halogens is 1. The number of carbonyl (C=O) groups is 1. The summed E-state index contributed by atoms with van der Waals surface area (Å²) in [6, 6.07) is 10.4. The third kappa shape index (κ3) is 3.83. The molecule has 0 bridgehead atoms. The molecule has 0 amide bonds. The summed E-state index contributed by atoms with van der Waals surface area (Å²) >= 11 is 0. The molecule has 2 rings (SSSR count). The molecule has 0 aromatic heterocycles. The van der Waals surface area contributed by atoms with E-state index in [0.717, 1.165) is 0 Å². The minimum absolute atomic E-state index is 0.0307. The Morgan fingerprint density at radius 2 is 1.61 bits per heavy atom. The summed E-state index contributed by atoms with van der Waals surface area (Å²) in [7, 11) is -3.84. The second-order valence-corrected chi connectivity index (χ2v) is 7.83. The smallest absolute Gasteiger partial charge is 0.241 e. The zero-order valence-corrected chi connectivity index (χ0v) is 13.9. The lowest BCUT2D eigenvalue weighted by Gasteiger charge is -2.21.